The summed E-state index contributed by atoms with van der Waals surface area (Å²) in [4.78, 5) is 80.2. The number of halogens is 2. The fourth-order valence-corrected chi connectivity index (χ4v) is 12.9. The van der Waals surface area contributed by atoms with E-state index in [1.807, 2.05) is 68.4 Å². The summed E-state index contributed by atoms with van der Waals surface area (Å²) in [5.74, 6) is 0.313. The molecule has 0 bridgehead atoms. The Balaban J connectivity index is 0.699. The molecule has 80 heavy (non-hydrogen) atoms. The molecule has 0 radical (unpaired) electrons. The first-order valence-corrected chi connectivity index (χ1v) is 29.8. The van der Waals surface area contributed by atoms with Gasteiger partial charge in [-0.15, -0.1) is 11.3 Å². The van der Waals surface area contributed by atoms with E-state index in [1.54, 1.807) is 58.4 Å². The molecule has 0 unspecified atom stereocenters. The number of piperidine rings is 1. The Hall–Kier alpha value is -6.70. The Morgan fingerprint density at radius 3 is 2.23 bits per heavy atom. The van der Waals surface area contributed by atoms with Crippen molar-refractivity contribution in [1.29, 1.82) is 0 Å². The first-order chi connectivity index (χ1) is 38.5. The third-order valence-corrected chi connectivity index (χ3v) is 17.6. The molecule has 17 nitrogen and oxygen atoms in total. The van der Waals surface area contributed by atoms with Crippen molar-refractivity contribution in [2.75, 3.05) is 44.7 Å². The second-order valence-corrected chi connectivity index (χ2v) is 24.1. The number of urea groups is 1. The summed E-state index contributed by atoms with van der Waals surface area (Å²) >= 11 is 1.60. The van der Waals surface area contributed by atoms with Crippen LogP contribution in [0, 0.1) is 12.3 Å². The maximum absolute atomic E-state index is 14.8. The number of aryl methyl sites for hydroxylation is 3. The van der Waals surface area contributed by atoms with Crippen LogP contribution in [-0.2, 0) is 52.2 Å². The lowest BCUT2D eigenvalue weighted by atomic mass is 9.85. The molecule has 0 aliphatic carbocycles. The van der Waals surface area contributed by atoms with Crippen molar-refractivity contribution in [3.63, 3.8) is 0 Å². The van der Waals surface area contributed by atoms with Gasteiger partial charge in [0.1, 0.15) is 12.1 Å². The van der Waals surface area contributed by atoms with E-state index in [0.29, 0.717) is 94.9 Å². The van der Waals surface area contributed by atoms with Crippen LogP contribution in [0.2, 0.25) is 0 Å². The van der Waals surface area contributed by atoms with Gasteiger partial charge in [-0.1, -0.05) is 77.1 Å². The first-order valence-electron chi connectivity index (χ1n) is 28.9. The minimum atomic E-state index is -2.69. The van der Waals surface area contributed by atoms with Crippen molar-refractivity contribution in [3.05, 3.63) is 87.9 Å². The van der Waals surface area contributed by atoms with Gasteiger partial charge in [-0.25, -0.2) is 18.6 Å². The fourth-order valence-electron chi connectivity index (χ4n) is 12.1. The number of alkyl halides is 2. The summed E-state index contributed by atoms with van der Waals surface area (Å²) in [7, 11) is 3.40. The standard InChI is InChI=1S/C60H80F2N12O5S/c1-39-53(80-38-65-39)41-22-20-40(21-23-41)34-64-57(77)49-17-15-28-73(49)58(78)54(60(2,3)4)67-51(75)18-12-10-8-7-9-11-13-19-52(76)70-29-24-44(25-30-70)74-48-26-31-71(59(79)63-5)37-47(48)56(68-74)72-27-14-16-42-32-45(43-35-66-69(6)36-43)46(55(61)62)33-50(42)72/h20-23,32-33,35-36,38,44,49,54-55H,7-19,24-31,34,37H2,1-6H3,(H,63,79)(H,64,77)(H,67,75)/t49-,54+/m0/s1. The van der Waals surface area contributed by atoms with Crippen LogP contribution in [0.15, 0.2) is 54.3 Å². The van der Waals surface area contributed by atoms with Crippen molar-refractivity contribution in [2.24, 2.45) is 12.5 Å². The highest BCUT2D eigenvalue weighted by atomic mass is 32.1. The number of rotatable bonds is 20. The van der Waals surface area contributed by atoms with E-state index in [0.717, 1.165) is 115 Å². The van der Waals surface area contributed by atoms with Gasteiger partial charge in [0.05, 0.1) is 34.9 Å². The topological polar surface area (TPSA) is 183 Å². The predicted molar refractivity (Wildman–Crippen MR) is 306 cm³/mol. The molecule has 9 rings (SSSR count). The molecule has 20 heteroatoms. The summed E-state index contributed by atoms with van der Waals surface area (Å²) < 4.78 is 33.3. The van der Waals surface area contributed by atoms with Gasteiger partial charge < -0.3 is 35.6 Å². The van der Waals surface area contributed by atoms with E-state index in [9.17, 15) is 32.8 Å². The summed E-state index contributed by atoms with van der Waals surface area (Å²) in [6.45, 7) is 11.4. The lowest BCUT2D eigenvalue weighted by Crippen LogP contribution is -2.57. The Bertz CT molecular complexity index is 2990. The minimum Gasteiger partial charge on any atom is -0.350 e. The average Bonchev–Trinajstić information content (AvgIpc) is 4.46. The molecule has 2 aromatic carbocycles. The number of likely N-dealkylation sites (tertiary alicyclic amines) is 2. The largest absolute Gasteiger partial charge is 0.350 e. The van der Waals surface area contributed by atoms with Crippen LogP contribution in [0.5, 0.6) is 0 Å². The van der Waals surface area contributed by atoms with Gasteiger partial charge in [-0.05, 0) is 98.1 Å². The molecule has 0 spiro atoms. The van der Waals surface area contributed by atoms with Gasteiger partial charge in [0.15, 0.2) is 5.82 Å². The second-order valence-electron chi connectivity index (χ2n) is 23.3. The zero-order valence-corrected chi connectivity index (χ0v) is 48.3. The number of thiazole rings is 1. The smallest absolute Gasteiger partial charge is 0.317 e. The molecule has 4 aliphatic heterocycles. The van der Waals surface area contributed by atoms with Crippen LogP contribution in [-0.4, -0.2) is 121 Å². The average molecular weight is 1120 g/mol. The maximum atomic E-state index is 14.8. The molecule has 2 fully saturated rings. The molecular weight excluding hydrogens is 1040 g/mol. The first kappa shape index (κ1) is 58.0. The number of hydrogen-bond donors (Lipinski definition) is 3. The molecule has 2 atom stereocenters. The number of anilines is 2. The van der Waals surface area contributed by atoms with Gasteiger partial charge in [0.2, 0.25) is 23.6 Å². The Kier molecular flexibility index (Phi) is 18.7. The Labute approximate surface area is 473 Å². The molecule has 4 aliphatic rings. The summed E-state index contributed by atoms with van der Waals surface area (Å²) in [6, 6.07) is 10.1. The summed E-state index contributed by atoms with van der Waals surface area (Å²) in [5, 5.41) is 18.4. The normalized spacial score (nSPS) is 17.1. The quantitative estimate of drug-likeness (QED) is 0.0639. The van der Waals surface area contributed by atoms with Crippen LogP contribution in [0.4, 0.5) is 25.1 Å². The molecule has 3 aromatic heterocycles. The molecule has 0 saturated carbocycles. The third-order valence-electron chi connectivity index (χ3n) is 16.6. The highest BCUT2D eigenvalue weighted by Gasteiger charge is 2.42. The molecule has 2 saturated heterocycles. The number of nitrogens with zero attached hydrogens (tertiary/aromatic N) is 9. The van der Waals surface area contributed by atoms with Gasteiger partial charge in [-0.2, -0.15) is 10.2 Å². The van der Waals surface area contributed by atoms with Crippen LogP contribution in [0.3, 0.4) is 0 Å². The maximum Gasteiger partial charge on any atom is 0.317 e. The SMILES string of the molecule is CNC(=O)N1CCc2c(c(N3CCCc4cc(-c5cnn(C)c5)c(C(F)F)cc43)nn2C2CCN(C(=O)CCCCCCCCCC(=O)N[C@H](C(=O)N3CCC[C@H]3C(=O)NCc3ccc(-c4scnc4C)cc3)C(C)(C)C)CC2)C1. The molecule has 5 aromatic rings. The zero-order valence-electron chi connectivity index (χ0n) is 47.5. The number of unbranched alkanes of at least 4 members (excludes halogenated alkanes) is 6. The zero-order chi connectivity index (χ0) is 56.7. The summed E-state index contributed by atoms with van der Waals surface area (Å²) in [6.07, 6.45) is 12.8. The van der Waals surface area contributed by atoms with Crippen LogP contribution in [0.25, 0.3) is 21.6 Å². The number of amides is 6. The number of aromatic nitrogens is 5. The van der Waals surface area contributed by atoms with E-state index in [4.69, 9.17) is 5.10 Å². The predicted octanol–water partition coefficient (Wildman–Crippen LogP) is 9.95. The van der Waals surface area contributed by atoms with Crippen molar-refractivity contribution in [1.82, 2.24) is 55.2 Å². The van der Waals surface area contributed by atoms with E-state index in [-0.39, 0.29) is 41.3 Å². The number of carbonyl (C=O) groups is 5. The number of benzene rings is 2. The third kappa shape index (κ3) is 13.4. The molecule has 6 amide bonds. The van der Waals surface area contributed by atoms with Crippen molar-refractivity contribution in [3.8, 4) is 21.6 Å². The van der Waals surface area contributed by atoms with Crippen molar-refractivity contribution < 1.29 is 32.8 Å². The van der Waals surface area contributed by atoms with Gasteiger partial charge in [0, 0.05) is 107 Å². The van der Waals surface area contributed by atoms with Crippen molar-refractivity contribution in [2.45, 2.75) is 168 Å². The molecule has 3 N–H and O–H groups in total. The number of nitrogens with one attached hydrogen (secondary N) is 3. The van der Waals surface area contributed by atoms with E-state index < -0.39 is 23.9 Å². The van der Waals surface area contributed by atoms with Gasteiger partial charge >= 0.3 is 6.03 Å². The fraction of sp³-hybridized carbons (Fsp3) is 0.567. The highest BCUT2D eigenvalue weighted by Crippen LogP contribution is 2.44. The second kappa shape index (κ2) is 25.8. The number of carbonyl (C=O) groups excluding carboxylic acids is 5. The van der Waals surface area contributed by atoms with E-state index >= 15 is 0 Å². The minimum absolute atomic E-state index is 0.0489. The lowest BCUT2D eigenvalue weighted by Gasteiger charge is -2.35. The van der Waals surface area contributed by atoms with Crippen LogP contribution < -0.4 is 20.9 Å². The van der Waals surface area contributed by atoms with Crippen LogP contribution >= 0.6 is 11.3 Å². The molecule has 430 valence electrons. The Morgan fingerprint density at radius 1 is 0.838 bits per heavy atom. The van der Waals surface area contributed by atoms with E-state index in [1.165, 1.54) is 0 Å². The molecule has 7 heterocycles. The highest BCUT2D eigenvalue weighted by molar-refractivity contribution is 7.13. The van der Waals surface area contributed by atoms with E-state index in [2.05, 4.69) is 35.6 Å². The number of hydrogen-bond acceptors (Lipinski definition) is 10. The number of fused-ring (bicyclic) bond motifs is 2. The van der Waals surface area contributed by atoms with Gasteiger partial charge in [0.25, 0.3) is 6.43 Å². The molecular formula is C60H80F2N12O5S. The van der Waals surface area contributed by atoms with Gasteiger partial charge in [-0.3, -0.25) is 28.5 Å². The van der Waals surface area contributed by atoms with Crippen LogP contribution in [0.1, 0.15) is 157 Å². The summed E-state index contributed by atoms with van der Waals surface area (Å²) in [5.41, 5.74) is 9.12. The Morgan fingerprint density at radius 2 is 1.56 bits per heavy atom. The monoisotopic (exact) mass is 1120 g/mol. The lowest BCUT2D eigenvalue weighted by molar-refractivity contribution is -0.143. The van der Waals surface area contributed by atoms with Crippen molar-refractivity contribution >= 4 is 52.5 Å².